The second-order valence-electron chi connectivity index (χ2n) is 4.08. The molecule has 0 saturated carbocycles. The predicted octanol–water partition coefficient (Wildman–Crippen LogP) is 1.10. The molecule has 0 aromatic heterocycles. The van der Waals surface area contributed by atoms with Crippen LogP contribution in [0.5, 0.6) is 0 Å². The summed E-state index contributed by atoms with van der Waals surface area (Å²) in [6.07, 6.45) is 0. The van der Waals surface area contributed by atoms with Crippen LogP contribution in [-0.2, 0) is 9.73 Å². The SMILES string of the molecule is CC(C)(C)N1CCS(=N)(=O)C1. The zero-order valence-corrected chi connectivity index (χ0v) is 8.20. The van der Waals surface area contributed by atoms with Gasteiger partial charge in [-0.1, -0.05) is 0 Å². The van der Waals surface area contributed by atoms with E-state index < -0.39 is 9.73 Å². The smallest absolute Gasteiger partial charge is 0.0834 e. The molecule has 1 fully saturated rings. The summed E-state index contributed by atoms with van der Waals surface area (Å²) in [4.78, 5) is 2.11. The van der Waals surface area contributed by atoms with E-state index in [-0.39, 0.29) is 5.54 Å². The molecule has 0 radical (unpaired) electrons. The lowest BCUT2D eigenvalue weighted by atomic mass is 10.1. The quantitative estimate of drug-likeness (QED) is 0.601. The monoisotopic (exact) mass is 176 g/mol. The molecule has 1 unspecified atom stereocenters. The molecule has 0 aromatic carbocycles. The van der Waals surface area contributed by atoms with E-state index in [1.807, 2.05) is 0 Å². The number of rotatable bonds is 0. The molecule has 1 aliphatic rings. The Morgan fingerprint density at radius 1 is 1.45 bits per heavy atom. The van der Waals surface area contributed by atoms with Gasteiger partial charge >= 0.3 is 0 Å². The third kappa shape index (κ3) is 2.17. The van der Waals surface area contributed by atoms with Crippen molar-refractivity contribution >= 4 is 9.73 Å². The average molecular weight is 176 g/mol. The zero-order valence-electron chi connectivity index (χ0n) is 7.39. The molecule has 11 heavy (non-hydrogen) atoms. The van der Waals surface area contributed by atoms with E-state index >= 15 is 0 Å². The maximum atomic E-state index is 11.3. The lowest BCUT2D eigenvalue weighted by Crippen LogP contribution is -2.39. The summed E-state index contributed by atoms with van der Waals surface area (Å²) < 4.78 is 18.7. The summed E-state index contributed by atoms with van der Waals surface area (Å²) in [5.41, 5.74) is 0.0697. The van der Waals surface area contributed by atoms with Gasteiger partial charge in [-0.3, -0.25) is 9.68 Å². The molecule has 1 N–H and O–H groups in total. The summed E-state index contributed by atoms with van der Waals surface area (Å²) in [6.45, 7) is 7.08. The van der Waals surface area contributed by atoms with Crippen LogP contribution in [0.25, 0.3) is 0 Å². The van der Waals surface area contributed by atoms with Gasteiger partial charge in [-0.05, 0) is 20.8 Å². The van der Waals surface area contributed by atoms with Crippen molar-refractivity contribution in [2.75, 3.05) is 18.2 Å². The van der Waals surface area contributed by atoms with Crippen LogP contribution in [0.1, 0.15) is 20.8 Å². The molecule has 1 heterocycles. The van der Waals surface area contributed by atoms with Crippen LogP contribution >= 0.6 is 0 Å². The van der Waals surface area contributed by atoms with E-state index in [0.29, 0.717) is 11.6 Å². The largest absolute Gasteiger partial charge is 0.285 e. The standard InChI is InChI=1S/C7H16N2OS/c1-7(2,3)9-4-5-11(8,10)6-9/h8H,4-6H2,1-3H3. The Balaban J connectivity index is 2.70. The number of hydrogen-bond donors (Lipinski definition) is 1. The molecule has 1 rings (SSSR count). The van der Waals surface area contributed by atoms with E-state index in [0.717, 1.165) is 6.54 Å². The first-order valence-electron chi connectivity index (χ1n) is 3.80. The fraction of sp³-hybridized carbons (Fsp3) is 1.00. The highest BCUT2D eigenvalue weighted by Gasteiger charge is 2.30. The minimum absolute atomic E-state index is 0.0697. The summed E-state index contributed by atoms with van der Waals surface area (Å²) in [6, 6.07) is 0. The van der Waals surface area contributed by atoms with Gasteiger partial charge in [0.2, 0.25) is 0 Å². The first-order chi connectivity index (χ1) is 4.81. The van der Waals surface area contributed by atoms with E-state index in [9.17, 15) is 4.21 Å². The van der Waals surface area contributed by atoms with Crippen LogP contribution in [-0.4, -0.2) is 32.8 Å². The van der Waals surface area contributed by atoms with Crippen molar-refractivity contribution < 1.29 is 4.21 Å². The van der Waals surface area contributed by atoms with Crippen LogP contribution in [0.2, 0.25) is 0 Å². The fourth-order valence-corrected chi connectivity index (χ4v) is 2.83. The summed E-state index contributed by atoms with van der Waals surface area (Å²) >= 11 is 0. The van der Waals surface area contributed by atoms with Crippen LogP contribution in [0.4, 0.5) is 0 Å². The Morgan fingerprint density at radius 3 is 2.18 bits per heavy atom. The van der Waals surface area contributed by atoms with Gasteiger partial charge < -0.3 is 0 Å². The highest BCUT2D eigenvalue weighted by Crippen LogP contribution is 2.19. The molecule has 0 spiro atoms. The first kappa shape index (κ1) is 9.00. The van der Waals surface area contributed by atoms with Gasteiger partial charge in [0.25, 0.3) is 0 Å². The maximum Gasteiger partial charge on any atom is 0.0834 e. The molecule has 1 aliphatic heterocycles. The van der Waals surface area contributed by atoms with Gasteiger partial charge in [0.15, 0.2) is 0 Å². The Hall–Kier alpha value is -0.0900. The van der Waals surface area contributed by atoms with Gasteiger partial charge in [0, 0.05) is 17.8 Å². The average Bonchev–Trinajstić information content (AvgIpc) is 2.07. The predicted molar refractivity (Wildman–Crippen MR) is 47.1 cm³/mol. The van der Waals surface area contributed by atoms with E-state index in [2.05, 4.69) is 25.7 Å². The minimum atomic E-state index is -2.25. The Kier molecular flexibility index (Phi) is 2.01. The van der Waals surface area contributed by atoms with Crippen LogP contribution in [0, 0.1) is 4.78 Å². The zero-order chi connectivity index (χ0) is 8.70. The molecule has 4 heteroatoms. The highest BCUT2D eigenvalue weighted by molar-refractivity contribution is 7.92. The Labute approximate surface area is 68.8 Å². The fourth-order valence-electron chi connectivity index (χ4n) is 1.17. The van der Waals surface area contributed by atoms with Gasteiger partial charge in [-0.25, -0.2) is 4.21 Å². The number of nitrogens with one attached hydrogen (secondary N) is 1. The topological polar surface area (TPSA) is 44.2 Å². The second-order valence-corrected chi connectivity index (χ2v) is 6.37. The van der Waals surface area contributed by atoms with Crippen molar-refractivity contribution in [2.24, 2.45) is 0 Å². The summed E-state index contributed by atoms with van der Waals surface area (Å²) in [5, 5.41) is 0. The molecule has 0 amide bonds. The Morgan fingerprint density at radius 2 is 2.00 bits per heavy atom. The lowest BCUT2D eigenvalue weighted by Gasteiger charge is -2.30. The van der Waals surface area contributed by atoms with Gasteiger partial charge in [0.1, 0.15) is 0 Å². The Bertz CT molecular complexity index is 238. The summed E-state index contributed by atoms with van der Waals surface area (Å²) in [7, 11) is -2.25. The normalized spacial score (nSPS) is 34.5. The van der Waals surface area contributed by atoms with Crippen molar-refractivity contribution in [1.29, 1.82) is 4.78 Å². The minimum Gasteiger partial charge on any atom is -0.285 e. The van der Waals surface area contributed by atoms with Crippen molar-refractivity contribution in [2.45, 2.75) is 26.3 Å². The maximum absolute atomic E-state index is 11.3. The number of nitrogens with zero attached hydrogens (tertiary/aromatic N) is 1. The van der Waals surface area contributed by atoms with E-state index in [1.54, 1.807) is 0 Å². The highest BCUT2D eigenvalue weighted by atomic mass is 32.2. The third-order valence-electron chi connectivity index (χ3n) is 2.00. The van der Waals surface area contributed by atoms with E-state index in [1.165, 1.54) is 0 Å². The second kappa shape index (κ2) is 2.45. The van der Waals surface area contributed by atoms with Gasteiger partial charge in [-0.2, -0.15) is 0 Å². The van der Waals surface area contributed by atoms with Crippen molar-refractivity contribution in [3.05, 3.63) is 0 Å². The molecule has 66 valence electrons. The molecule has 0 aromatic rings. The number of hydrogen-bond acceptors (Lipinski definition) is 3. The van der Waals surface area contributed by atoms with E-state index in [4.69, 9.17) is 4.78 Å². The first-order valence-corrected chi connectivity index (χ1v) is 5.70. The third-order valence-corrected chi connectivity index (χ3v) is 3.57. The summed E-state index contributed by atoms with van der Waals surface area (Å²) in [5.74, 6) is 1.00. The van der Waals surface area contributed by atoms with Crippen molar-refractivity contribution in [1.82, 2.24) is 4.90 Å². The lowest BCUT2D eigenvalue weighted by molar-refractivity contribution is 0.185. The van der Waals surface area contributed by atoms with Gasteiger partial charge in [-0.15, -0.1) is 0 Å². The van der Waals surface area contributed by atoms with Crippen molar-refractivity contribution in [3.8, 4) is 0 Å². The molecule has 3 nitrogen and oxygen atoms in total. The molecule has 1 saturated heterocycles. The molecule has 1 atom stereocenters. The van der Waals surface area contributed by atoms with Crippen LogP contribution in [0.3, 0.4) is 0 Å². The molecule has 0 bridgehead atoms. The molecular weight excluding hydrogens is 160 g/mol. The van der Waals surface area contributed by atoms with Crippen molar-refractivity contribution in [3.63, 3.8) is 0 Å². The molecular formula is C7H16N2OS. The van der Waals surface area contributed by atoms with Crippen LogP contribution in [0.15, 0.2) is 0 Å². The molecule has 0 aliphatic carbocycles. The van der Waals surface area contributed by atoms with Crippen LogP contribution < -0.4 is 0 Å². The van der Waals surface area contributed by atoms with Gasteiger partial charge in [0.05, 0.1) is 15.6 Å².